The number of carboxylic acids is 2. The molecule has 5 nitrogen and oxygen atoms in total. The van der Waals surface area contributed by atoms with Gasteiger partial charge in [-0.05, 0) is 67.2 Å². The van der Waals surface area contributed by atoms with Crippen molar-refractivity contribution in [2.45, 2.75) is 51.5 Å². The first-order valence-electron chi connectivity index (χ1n) is 9.96. The molecule has 0 radical (unpaired) electrons. The minimum absolute atomic E-state index is 0.123. The molecule has 1 heterocycles. The third-order valence-corrected chi connectivity index (χ3v) is 5.94. The molecule has 0 bridgehead atoms. The van der Waals surface area contributed by atoms with Gasteiger partial charge >= 0.3 is 11.9 Å². The van der Waals surface area contributed by atoms with Crippen LogP contribution in [-0.4, -0.2) is 34.7 Å². The van der Waals surface area contributed by atoms with Gasteiger partial charge in [0.05, 0.1) is 0 Å². The number of fused-ring (bicyclic) bond motifs is 1. The van der Waals surface area contributed by atoms with Crippen molar-refractivity contribution >= 4 is 11.9 Å². The smallest absolute Gasteiger partial charge is 0.328 e. The number of hydrogen-bond acceptors (Lipinski definition) is 3. The molecule has 5 atom stereocenters. The molecule has 3 N–H and O–H groups in total. The fraction of sp³-hybridized carbons (Fsp3) is 0.545. The first-order chi connectivity index (χ1) is 13.3. The highest BCUT2D eigenvalue weighted by molar-refractivity contribution is 5.89. The van der Waals surface area contributed by atoms with Crippen LogP contribution in [0.2, 0.25) is 0 Å². The fourth-order valence-electron chi connectivity index (χ4n) is 4.78. The zero-order valence-corrected chi connectivity index (χ0v) is 16.5. The van der Waals surface area contributed by atoms with Crippen molar-refractivity contribution in [1.82, 2.24) is 5.32 Å². The minimum atomic E-state index is -1.26. The van der Waals surface area contributed by atoms with Crippen molar-refractivity contribution in [1.29, 1.82) is 0 Å². The lowest BCUT2D eigenvalue weighted by Crippen LogP contribution is -2.34. The predicted octanol–water partition coefficient (Wildman–Crippen LogP) is 4.06. The van der Waals surface area contributed by atoms with E-state index in [1.807, 2.05) is 12.1 Å². The summed E-state index contributed by atoms with van der Waals surface area (Å²) in [5, 5.41) is 19.4. The number of hydrogen-bond donors (Lipinski definition) is 3. The maximum atomic E-state index is 13.2. The monoisotopic (exact) mass is 391 g/mol. The normalized spacial score (nSPS) is 29.0. The lowest BCUT2D eigenvalue weighted by molar-refractivity contribution is -0.134. The van der Waals surface area contributed by atoms with Crippen molar-refractivity contribution in [2.75, 3.05) is 6.54 Å². The zero-order chi connectivity index (χ0) is 20.7. The molecule has 6 heteroatoms. The molecule has 154 valence electrons. The van der Waals surface area contributed by atoms with Gasteiger partial charge < -0.3 is 15.5 Å². The quantitative estimate of drug-likeness (QED) is 0.659. The molecule has 1 aliphatic carbocycles. The summed E-state index contributed by atoms with van der Waals surface area (Å²) in [5.41, 5.74) is 1.34. The van der Waals surface area contributed by atoms with Crippen molar-refractivity contribution in [3.8, 4) is 0 Å². The van der Waals surface area contributed by atoms with Gasteiger partial charge in [-0.3, -0.25) is 0 Å². The summed E-state index contributed by atoms with van der Waals surface area (Å²) in [5.74, 6) is 0.233. The van der Waals surface area contributed by atoms with Gasteiger partial charge in [0.25, 0.3) is 0 Å². The van der Waals surface area contributed by atoms with E-state index in [-0.39, 0.29) is 5.82 Å². The van der Waals surface area contributed by atoms with E-state index in [0.29, 0.717) is 30.0 Å². The van der Waals surface area contributed by atoms with E-state index in [1.54, 1.807) is 12.1 Å². The molecule has 0 spiro atoms. The Morgan fingerprint density at radius 1 is 1.11 bits per heavy atom. The molecule has 1 aliphatic heterocycles. The van der Waals surface area contributed by atoms with Crippen LogP contribution in [0, 0.1) is 23.6 Å². The summed E-state index contributed by atoms with van der Waals surface area (Å²) in [6, 6.07) is 7.97. The second-order valence-corrected chi connectivity index (χ2v) is 7.77. The fourth-order valence-corrected chi connectivity index (χ4v) is 4.78. The average Bonchev–Trinajstić information content (AvgIpc) is 3.05. The maximum Gasteiger partial charge on any atom is 0.328 e. The van der Waals surface area contributed by atoms with Crippen molar-refractivity contribution in [3.05, 3.63) is 47.8 Å². The number of halogens is 1. The number of aliphatic carboxylic acids is 2. The summed E-state index contributed by atoms with van der Waals surface area (Å²) < 4.78 is 13.2. The second kappa shape index (κ2) is 10.4. The molecule has 1 unspecified atom stereocenters. The van der Waals surface area contributed by atoms with Gasteiger partial charge in [-0.25, -0.2) is 14.0 Å². The van der Waals surface area contributed by atoms with E-state index in [0.717, 1.165) is 18.4 Å². The molecule has 28 heavy (non-hydrogen) atoms. The van der Waals surface area contributed by atoms with E-state index in [1.165, 1.54) is 31.2 Å². The zero-order valence-electron chi connectivity index (χ0n) is 16.5. The molecule has 3 rings (SSSR count). The van der Waals surface area contributed by atoms with Gasteiger partial charge in [0.2, 0.25) is 0 Å². The number of benzene rings is 1. The van der Waals surface area contributed by atoms with Crippen molar-refractivity contribution < 1.29 is 24.2 Å². The minimum Gasteiger partial charge on any atom is -0.478 e. The molecule has 1 aromatic carbocycles. The Kier molecular flexibility index (Phi) is 8.18. The van der Waals surface area contributed by atoms with E-state index >= 15 is 0 Å². The second-order valence-electron chi connectivity index (χ2n) is 7.77. The number of carboxylic acid groups (broad SMARTS) is 2. The summed E-state index contributed by atoms with van der Waals surface area (Å²) in [7, 11) is 0. The predicted molar refractivity (Wildman–Crippen MR) is 106 cm³/mol. The summed E-state index contributed by atoms with van der Waals surface area (Å²) in [6.45, 7) is 5.79. The van der Waals surface area contributed by atoms with Crippen LogP contribution >= 0.6 is 0 Å². The Morgan fingerprint density at radius 3 is 2.25 bits per heavy atom. The number of rotatable bonds is 5. The molecule has 2 fully saturated rings. The molecule has 1 saturated carbocycles. The Bertz CT molecular complexity index is 672. The third kappa shape index (κ3) is 5.89. The Morgan fingerprint density at radius 2 is 1.71 bits per heavy atom. The first kappa shape index (κ1) is 22.1. The SMILES string of the molecule is CCCC1NC[C@H]2[C@H](c3ccc(F)cc3)[C@H](C)CC[C@@H]12.O=C(O)/C=C/C(=O)O. The molecule has 1 saturated heterocycles. The van der Waals surface area contributed by atoms with Crippen LogP contribution in [0.1, 0.15) is 51.0 Å². The highest BCUT2D eigenvalue weighted by Gasteiger charge is 2.44. The third-order valence-electron chi connectivity index (χ3n) is 5.94. The van der Waals surface area contributed by atoms with E-state index < -0.39 is 11.9 Å². The van der Waals surface area contributed by atoms with Gasteiger partial charge in [-0.2, -0.15) is 0 Å². The molecular weight excluding hydrogens is 361 g/mol. The summed E-state index contributed by atoms with van der Waals surface area (Å²) >= 11 is 0. The van der Waals surface area contributed by atoms with E-state index in [9.17, 15) is 14.0 Å². The molecule has 1 aromatic rings. The van der Waals surface area contributed by atoms with Crippen LogP contribution < -0.4 is 5.32 Å². The Labute approximate surface area is 165 Å². The Hall–Kier alpha value is -2.21. The van der Waals surface area contributed by atoms with Crippen LogP contribution in [0.15, 0.2) is 36.4 Å². The maximum absolute atomic E-state index is 13.2. The Balaban J connectivity index is 0.000000300. The number of nitrogens with one attached hydrogen (secondary N) is 1. The molecule has 0 aromatic heterocycles. The van der Waals surface area contributed by atoms with Gasteiger partial charge in [0.15, 0.2) is 0 Å². The van der Waals surface area contributed by atoms with Crippen LogP contribution in [0.5, 0.6) is 0 Å². The molecule has 2 aliphatic rings. The van der Waals surface area contributed by atoms with Crippen LogP contribution in [0.4, 0.5) is 4.39 Å². The number of carbonyl (C=O) groups is 2. The van der Waals surface area contributed by atoms with Crippen molar-refractivity contribution in [3.63, 3.8) is 0 Å². The van der Waals surface area contributed by atoms with Gasteiger partial charge in [0.1, 0.15) is 5.82 Å². The lowest BCUT2D eigenvalue weighted by atomic mass is 9.64. The van der Waals surface area contributed by atoms with Crippen LogP contribution in [0.3, 0.4) is 0 Å². The average molecular weight is 391 g/mol. The molecular formula is C22H30FNO4. The van der Waals surface area contributed by atoms with Crippen LogP contribution in [0.25, 0.3) is 0 Å². The first-order valence-corrected chi connectivity index (χ1v) is 9.96. The van der Waals surface area contributed by atoms with E-state index in [4.69, 9.17) is 10.2 Å². The largest absolute Gasteiger partial charge is 0.478 e. The highest BCUT2D eigenvalue weighted by atomic mass is 19.1. The summed E-state index contributed by atoms with van der Waals surface area (Å²) in [4.78, 5) is 19.1. The van der Waals surface area contributed by atoms with Gasteiger partial charge in [-0.15, -0.1) is 0 Å². The van der Waals surface area contributed by atoms with Crippen LogP contribution in [-0.2, 0) is 9.59 Å². The van der Waals surface area contributed by atoms with Gasteiger partial charge in [0, 0.05) is 18.2 Å². The van der Waals surface area contributed by atoms with Gasteiger partial charge in [-0.1, -0.05) is 32.4 Å². The molecule has 0 amide bonds. The topological polar surface area (TPSA) is 86.6 Å². The van der Waals surface area contributed by atoms with Crippen molar-refractivity contribution in [2.24, 2.45) is 17.8 Å². The van der Waals surface area contributed by atoms with E-state index in [2.05, 4.69) is 19.2 Å². The standard InChI is InChI=1S/C18H26FN.C4H4O4/c1-3-4-17-15-10-5-12(2)18(16(15)11-20-17)13-6-8-14(19)9-7-13;5-3(6)1-2-4(7)8/h6-9,12,15-18,20H,3-5,10-11H2,1-2H3;1-2H,(H,5,6)(H,7,8)/b;2-1+/t12-,15-,16-,17?,18+;/m1./s1. The highest BCUT2D eigenvalue weighted by Crippen LogP contribution is 2.48. The lowest BCUT2D eigenvalue weighted by Gasteiger charge is -2.40. The summed E-state index contributed by atoms with van der Waals surface area (Å²) in [6.07, 6.45) is 6.35.